The van der Waals surface area contributed by atoms with Gasteiger partial charge in [0.05, 0.1) is 6.33 Å². The van der Waals surface area contributed by atoms with Crippen LogP contribution in [0, 0.1) is 0 Å². The number of nitrogens with one attached hydrogen (secondary N) is 1. The van der Waals surface area contributed by atoms with Crippen LogP contribution in [0.15, 0.2) is 12.5 Å². The van der Waals surface area contributed by atoms with Crippen LogP contribution in [-0.4, -0.2) is 23.1 Å². The van der Waals surface area contributed by atoms with Crippen LogP contribution in [-0.2, 0) is 13.5 Å². The Morgan fingerprint density at radius 2 is 2.33 bits per heavy atom. The van der Waals surface area contributed by atoms with Gasteiger partial charge in [-0.3, -0.25) is 0 Å². The molecule has 0 saturated carbocycles. The maximum Gasteiger partial charge on any atom is 0.0945 e. The minimum Gasteiger partial charge on any atom is -0.338 e. The molecule has 12 heavy (non-hydrogen) atoms. The zero-order valence-electron chi connectivity index (χ0n) is 7.88. The Morgan fingerprint density at radius 3 is 2.92 bits per heavy atom. The monoisotopic (exact) mass is 167 g/mol. The highest BCUT2D eigenvalue weighted by Crippen LogP contribution is 2.02. The number of rotatable bonds is 5. The summed E-state index contributed by atoms with van der Waals surface area (Å²) in [5.74, 6) is 0. The predicted molar refractivity (Wildman–Crippen MR) is 50.1 cm³/mol. The summed E-state index contributed by atoms with van der Waals surface area (Å²) in [6.07, 6.45) is 7.41. The van der Waals surface area contributed by atoms with E-state index in [1.807, 2.05) is 26.6 Å². The van der Waals surface area contributed by atoms with Crippen molar-refractivity contribution in [2.24, 2.45) is 7.05 Å². The second-order valence-corrected chi connectivity index (χ2v) is 3.06. The van der Waals surface area contributed by atoms with E-state index in [1.165, 1.54) is 18.5 Å². The van der Waals surface area contributed by atoms with E-state index in [9.17, 15) is 0 Å². The molecule has 1 aromatic heterocycles. The van der Waals surface area contributed by atoms with Crippen LogP contribution in [0.2, 0.25) is 0 Å². The number of hydrogen-bond acceptors (Lipinski definition) is 2. The fraction of sp³-hybridized carbons (Fsp3) is 0.667. The second-order valence-electron chi connectivity index (χ2n) is 3.06. The standard InChI is InChI=1S/C9H17N3/c1-10-6-4-3-5-9-7-11-8-12(9)2/h7-8,10H,3-6H2,1-2H3. The molecular formula is C9H17N3. The summed E-state index contributed by atoms with van der Waals surface area (Å²) in [6.45, 7) is 1.11. The highest BCUT2D eigenvalue weighted by molar-refractivity contribution is 4.97. The summed E-state index contributed by atoms with van der Waals surface area (Å²) in [4.78, 5) is 4.07. The molecule has 3 heteroatoms. The third-order valence-electron chi connectivity index (χ3n) is 2.03. The Kier molecular flexibility index (Phi) is 3.80. The molecule has 0 unspecified atom stereocenters. The van der Waals surface area contributed by atoms with Crippen LogP contribution in [0.5, 0.6) is 0 Å². The Bertz CT molecular complexity index is 217. The van der Waals surface area contributed by atoms with Gasteiger partial charge in [0.25, 0.3) is 0 Å². The molecule has 0 amide bonds. The van der Waals surface area contributed by atoms with E-state index in [2.05, 4.69) is 14.9 Å². The molecule has 0 aliphatic heterocycles. The Morgan fingerprint density at radius 1 is 1.50 bits per heavy atom. The lowest BCUT2D eigenvalue weighted by atomic mass is 10.2. The van der Waals surface area contributed by atoms with Gasteiger partial charge in [0.15, 0.2) is 0 Å². The van der Waals surface area contributed by atoms with Gasteiger partial charge in [0.1, 0.15) is 0 Å². The first-order chi connectivity index (χ1) is 5.84. The third kappa shape index (κ3) is 2.66. The molecule has 0 fully saturated rings. The van der Waals surface area contributed by atoms with E-state index in [0.717, 1.165) is 13.0 Å². The Hall–Kier alpha value is -0.830. The summed E-state index contributed by atoms with van der Waals surface area (Å²) >= 11 is 0. The van der Waals surface area contributed by atoms with E-state index in [4.69, 9.17) is 0 Å². The highest BCUT2D eigenvalue weighted by Gasteiger charge is 1.96. The minimum absolute atomic E-state index is 1.11. The van der Waals surface area contributed by atoms with Crippen molar-refractivity contribution in [2.75, 3.05) is 13.6 Å². The molecule has 0 aliphatic carbocycles. The molecule has 0 atom stereocenters. The van der Waals surface area contributed by atoms with Crippen LogP contribution in [0.4, 0.5) is 0 Å². The number of aromatic nitrogens is 2. The molecule has 3 nitrogen and oxygen atoms in total. The van der Waals surface area contributed by atoms with Gasteiger partial charge in [-0.2, -0.15) is 0 Å². The van der Waals surface area contributed by atoms with Crippen molar-refractivity contribution >= 4 is 0 Å². The molecule has 0 aliphatic rings. The topological polar surface area (TPSA) is 29.9 Å². The van der Waals surface area contributed by atoms with Crippen molar-refractivity contribution in [3.63, 3.8) is 0 Å². The van der Waals surface area contributed by atoms with Gasteiger partial charge in [-0.15, -0.1) is 0 Å². The average Bonchev–Trinajstić information content (AvgIpc) is 2.46. The van der Waals surface area contributed by atoms with Crippen molar-refractivity contribution < 1.29 is 0 Å². The largest absolute Gasteiger partial charge is 0.338 e. The molecule has 1 aromatic rings. The Balaban J connectivity index is 2.20. The Labute approximate surface area is 73.8 Å². The number of hydrogen-bond donors (Lipinski definition) is 1. The number of unbranched alkanes of at least 4 members (excludes halogenated alkanes) is 1. The van der Waals surface area contributed by atoms with Crippen LogP contribution in [0.3, 0.4) is 0 Å². The maximum absolute atomic E-state index is 4.07. The molecule has 1 rings (SSSR count). The lowest BCUT2D eigenvalue weighted by Gasteiger charge is -2.01. The van der Waals surface area contributed by atoms with Gasteiger partial charge in [-0.05, 0) is 32.9 Å². The zero-order valence-corrected chi connectivity index (χ0v) is 7.88. The molecule has 0 radical (unpaired) electrons. The normalized spacial score (nSPS) is 10.5. The molecular weight excluding hydrogens is 150 g/mol. The summed E-state index contributed by atoms with van der Waals surface area (Å²) in [5, 5.41) is 3.14. The number of aryl methyl sites for hydroxylation is 2. The predicted octanol–water partition coefficient (Wildman–Crippen LogP) is 0.962. The SMILES string of the molecule is CNCCCCc1cncn1C. The summed E-state index contributed by atoms with van der Waals surface area (Å²) in [5.41, 5.74) is 1.33. The summed E-state index contributed by atoms with van der Waals surface area (Å²) < 4.78 is 2.08. The van der Waals surface area contributed by atoms with Crippen LogP contribution < -0.4 is 5.32 Å². The fourth-order valence-electron chi connectivity index (χ4n) is 1.23. The molecule has 0 bridgehead atoms. The number of imidazole rings is 1. The smallest absolute Gasteiger partial charge is 0.0945 e. The highest BCUT2D eigenvalue weighted by atomic mass is 15.0. The van der Waals surface area contributed by atoms with Crippen LogP contribution in [0.25, 0.3) is 0 Å². The van der Waals surface area contributed by atoms with E-state index in [0.29, 0.717) is 0 Å². The molecule has 0 saturated heterocycles. The average molecular weight is 167 g/mol. The van der Waals surface area contributed by atoms with E-state index in [-0.39, 0.29) is 0 Å². The quantitative estimate of drug-likeness (QED) is 0.662. The van der Waals surface area contributed by atoms with E-state index >= 15 is 0 Å². The van der Waals surface area contributed by atoms with Crippen LogP contribution in [0.1, 0.15) is 18.5 Å². The first-order valence-electron chi connectivity index (χ1n) is 4.44. The zero-order chi connectivity index (χ0) is 8.81. The minimum atomic E-state index is 1.11. The molecule has 0 aromatic carbocycles. The van der Waals surface area contributed by atoms with Crippen molar-refractivity contribution in [3.05, 3.63) is 18.2 Å². The molecule has 1 N–H and O–H groups in total. The first kappa shape index (κ1) is 9.26. The van der Waals surface area contributed by atoms with E-state index < -0.39 is 0 Å². The van der Waals surface area contributed by atoms with Gasteiger partial charge >= 0.3 is 0 Å². The van der Waals surface area contributed by atoms with Gasteiger partial charge in [-0.1, -0.05) is 0 Å². The van der Waals surface area contributed by atoms with Crippen molar-refractivity contribution in [2.45, 2.75) is 19.3 Å². The summed E-state index contributed by atoms with van der Waals surface area (Å²) in [6, 6.07) is 0. The van der Waals surface area contributed by atoms with E-state index in [1.54, 1.807) is 0 Å². The molecule has 68 valence electrons. The lowest BCUT2D eigenvalue weighted by Crippen LogP contribution is -2.07. The van der Waals surface area contributed by atoms with Gasteiger partial charge in [0, 0.05) is 18.9 Å². The molecule has 1 heterocycles. The third-order valence-corrected chi connectivity index (χ3v) is 2.03. The fourth-order valence-corrected chi connectivity index (χ4v) is 1.23. The van der Waals surface area contributed by atoms with Gasteiger partial charge < -0.3 is 9.88 Å². The van der Waals surface area contributed by atoms with Crippen molar-refractivity contribution in [3.8, 4) is 0 Å². The van der Waals surface area contributed by atoms with Crippen LogP contribution >= 0.6 is 0 Å². The second kappa shape index (κ2) is 4.93. The van der Waals surface area contributed by atoms with Gasteiger partial charge in [-0.25, -0.2) is 4.98 Å². The summed E-state index contributed by atoms with van der Waals surface area (Å²) in [7, 11) is 4.03. The lowest BCUT2D eigenvalue weighted by molar-refractivity contribution is 0.658. The van der Waals surface area contributed by atoms with Crippen molar-refractivity contribution in [1.82, 2.24) is 14.9 Å². The van der Waals surface area contributed by atoms with Crippen molar-refractivity contribution in [1.29, 1.82) is 0 Å². The number of nitrogens with zero attached hydrogens (tertiary/aromatic N) is 2. The van der Waals surface area contributed by atoms with Gasteiger partial charge in [0.2, 0.25) is 0 Å². The molecule has 0 spiro atoms. The first-order valence-corrected chi connectivity index (χ1v) is 4.44. The maximum atomic E-state index is 4.07.